The minimum atomic E-state index is -1.22. The number of carbonyl (C=O) groups is 1. The van der Waals surface area contributed by atoms with Gasteiger partial charge in [0.15, 0.2) is 0 Å². The average Bonchev–Trinajstić information content (AvgIpc) is 2.18. The highest BCUT2D eigenvalue weighted by Gasteiger charge is 2.09. The average molecular weight is 275 g/mol. The number of aliphatic hydroxyl groups is 1. The van der Waals surface area contributed by atoms with Gasteiger partial charge in [0.1, 0.15) is 5.82 Å². The van der Waals surface area contributed by atoms with E-state index in [9.17, 15) is 9.18 Å². The first-order valence-electron chi connectivity index (χ1n) is 4.04. The van der Waals surface area contributed by atoms with Gasteiger partial charge < -0.3 is 10.2 Å². The van der Waals surface area contributed by atoms with Gasteiger partial charge in [-0.3, -0.25) is 0 Å². The van der Waals surface area contributed by atoms with Crippen molar-refractivity contribution in [2.45, 2.75) is 0 Å². The summed E-state index contributed by atoms with van der Waals surface area (Å²) in [6.45, 7) is -0.528. The Labute approximate surface area is 94.0 Å². The van der Waals surface area contributed by atoms with Gasteiger partial charge >= 0.3 is 5.97 Å². The van der Waals surface area contributed by atoms with Crippen LogP contribution in [0.1, 0.15) is 5.56 Å². The van der Waals surface area contributed by atoms with Crippen LogP contribution in [0, 0.1) is 5.82 Å². The summed E-state index contributed by atoms with van der Waals surface area (Å²) < 4.78 is 13.9. The van der Waals surface area contributed by atoms with E-state index < -0.39 is 18.4 Å². The van der Waals surface area contributed by atoms with Crippen LogP contribution in [0.4, 0.5) is 4.39 Å². The van der Waals surface area contributed by atoms with Gasteiger partial charge in [-0.25, -0.2) is 9.18 Å². The van der Waals surface area contributed by atoms with Crippen molar-refractivity contribution in [2.75, 3.05) is 6.61 Å². The van der Waals surface area contributed by atoms with Gasteiger partial charge in [-0.15, -0.1) is 0 Å². The van der Waals surface area contributed by atoms with Crippen LogP contribution in [-0.4, -0.2) is 22.8 Å². The third kappa shape index (κ3) is 3.14. The molecule has 1 rings (SSSR count). The van der Waals surface area contributed by atoms with E-state index in [1.54, 1.807) is 0 Å². The van der Waals surface area contributed by atoms with Crippen LogP contribution < -0.4 is 0 Å². The second-order valence-electron chi connectivity index (χ2n) is 2.79. The molecule has 0 heterocycles. The highest BCUT2D eigenvalue weighted by molar-refractivity contribution is 9.10. The smallest absolute Gasteiger partial charge is 0.328 e. The SMILES string of the molecule is O=C(O)/C=C(\CO)c1cc(Br)ccc1F. The lowest BCUT2D eigenvalue weighted by atomic mass is 10.1. The maximum Gasteiger partial charge on any atom is 0.328 e. The summed E-state index contributed by atoms with van der Waals surface area (Å²) in [6.07, 6.45) is 0.783. The summed E-state index contributed by atoms with van der Waals surface area (Å²) in [6, 6.07) is 4.11. The van der Waals surface area contributed by atoms with E-state index in [1.807, 2.05) is 0 Å². The molecular formula is C10H8BrFO3. The van der Waals surface area contributed by atoms with Crippen molar-refractivity contribution >= 4 is 27.5 Å². The zero-order valence-electron chi connectivity index (χ0n) is 7.58. The van der Waals surface area contributed by atoms with Gasteiger partial charge in [0.25, 0.3) is 0 Å². The van der Waals surface area contributed by atoms with Crippen LogP contribution in [-0.2, 0) is 4.79 Å². The molecule has 15 heavy (non-hydrogen) atoms. The van der Waals surface area contributed by atoms with Crippen molar-refractivity contribution in [3.63, 3.8) is 0 Å². The van der Waals surface area contributed by atoms with Gasteiger partial charge in [-0.2, -0.15) is 0 Å². The summed E-state index contributed by atoms with van der Waals surface area (Å²) in [5, 5.41) is 17.4. The Morgan fingerprint density at radius 1 is 1.53 bits per heavy atom. The standard InChI is InChI=1S/C10H8BrFO3/c11-7-1-2-9(12)8(4-7)6(5-13)3-10(14)15/h1-4,13H,5H2,(H,14,15)/b6-3+. The molecule has 0 amide bonds. The predicted octanol–water partition coefficient (Wildman–Crippen LogP) is 2.05. The zero-order valence-corrected chi connectivity index (χ0v) is 9.16. The Morgan fingerprint density at radius 2 is 2.20 bits per heavy atom. The fourth-order valence-corrected chi connectivity index (χ4v) is 1.46. The van der Waals surface area contributed by atoms with Gasteiger partial charge in [0, 0.05) is 16.1 Å². The Hall–Kier alpha value is -1.20. The van der Waals surface area contributed by atoms with Crippen LogP contribution in [0.25, 0.3) is 5.57 Å². The predicted molar refractivity (Wildman–Crippen MR) is 56.8 cm³/mol. The van der Waals surface area contributed by atoms with E-state index in [0.29, 0.717) is 4.47 Å². The Kier molecular flexibility index (Phi) is 3.99. The molecule has 80 valence electrons. The fraction of sp³-hybridized carbons (Fsp3) is 0.100. The van der Waals surface area contributed by atoms with Crippen molar-refractivity contribution in [1.29, 1.82) is 0 Å². The lowest BCUT2D eigenvalue weighted by Gasteiger charge is -2.05. The molecule has 2 N–H and O–H groups in total. The molecule has 0 saturated heterocycles. The van der Waals surface area contributed by atoms with Crippen LogP contribution in [0.5, 0.6) is 0 Å². The summed E-state index contributed by atoms with van der Waals surface area (Å²) >= 11 is 3.14. The molecule has 0 saturated carbocycles. The van der Waals surface area contributed by atoms with E-state index in [1.165, 1.54) is 18.2 Å². The lowest BCUT2D eigenvalue weighted by molar-refractivity contribution is -0.131. The molecule has 0 aliphatic carbocycles. The van der Waals surface area contributed by atoms with Crippen LogP contribution in [0.3, 0.4) is 0 Å². The first-order valence-corrected chi connectivity index (χ1v) is 4.83. The second-order valence-corrected chi connectivity index (χ2v) is 3.71. The number of halogens is 2. The van der Waals surface area contributed by atoms with Crippen LogP contribution in [0.2, 0.25) is 0 Å². The van der Waals surface area contributed by atoms with E-state index >= 15 is 0 Å². The third-order valence-corrected chi connectivity index (χ3v) is 2.24. The number of aliphatic hydroxyl groups excluding tert-OH is 1. The first-order chi connectivity index (χ1) is 7.04. The molecule has 1 aromatic rings. The van der Waals surface area contributed by atoms with Crippen molar-refractivity contribution in [3.8, 4) is 0 Å². The van der Waals surface area contributed by atoms with E-state index in [-0.39, 0.29) is 11.1 Å². The molecule has 0 spiro atoms. The molecule has 0 aliphatic rings. The molecule has 0 aliphatic heterocycles. The number of hydrogen-bond donors (Lipinski definition) is 2. The number of benzene rings is 1. The zero-order chi connectivity index (χ0) is 11.4. The van der Waals surface area contributed by atoms with E-state index in [0.717, 1.165) is 6.08 Å². The molecule has 0 aromatic heterocycles. The Morgan fingerprint density at radius 3 is 2.73 bits per heavy atom. The Bertz CT molecular complexity index is 415. The summed E-state index contributed by atoms with van der Waals surface area (Å²) in [7, 11) is 0. The minimum absolute atomic E-state index is 0.0290. The quantitative estimate of drug-likeness (QED) is 0.830. The molecule has 0 radical (unpaired) electrons. The van der Waals surface area contributed by atoms with E-state index in [2.05, 4.69) is 15.9 Å². The Balaban J connectivity index is 3.23. The van der Waals surface area contributed by atoms with Gasteiger partial charge in [0.05, 0.1) is 6.61 Å². The largest absolute Gasteiger partial charge is 0.478 e. The molecule has 1 aromatic carbocycles. The second kappa shape index (κ2) is 5.04. The number of rotatable bonds is 3. The molecule has 3 nitrogen and oxygen atoms in total. The number of hydrogen-bond acceptors (Lipinski definition) is 2. The molecule has 0 fully saturated rings. The maximum atomic E-state index is 13.3. The number of carboxylic acids is 1. The third-order valence-electron chi connectivity index (χ3n) is 1.74. The molecule has 0 unspecified atom stereocenters. The summed E-state index contributed by atoms with van der Waals surface area (Å²) in [5.74, 6) is -1.79. The van der Waals surface area contributed by atoms with Gasteiger partial charge in [0.2, 0.25) is 0 Å². The van der Waals surface area contributed by atoms with E-state index in [4.69, 9.17) is 10.2 Å². The molecule has 0 atom stereocenters. The van der Waals surface area contributed by atoms with Crippen LogP contribution in [0.15, 0.2) is 28.7 Å². The topological polar surface area (TPSA) is 57.5 Å². The first kappa shape index (κ1) is 11.9. The van der Waals surface area contributed by atoms with Crippen molar-refractivity contribution < 1.29 is 19.4 Å². The minimum Gasteiger partial charge on any atom is -0.478 e. The maximum absolute atomic E-state index is 13.3. The number of aliphatic carboxylic acids is 1. The lowest BCUT2D eigenvalue weighted by Crippen LogP contribution is -1.99. The highest BCUT2D eigenvalue weighted by atomic mass is 79.9. The van der Waals surface area contributed by atoms with Crippen molar-refractivity contribution in [3.05, 3.63) is 40.1 Å². The number of carboxylic acid groups (broad SMARTS) is 1. The summed E-state index contributed by atoms with van der Waals surface area (Å²) in [5.41, 5.74) is 0.107. The fourth-order valence-electron chi connectivity index (χ4n) is 1.10. The van der Waals surface area contributed by atoms with Crippen molar-refractivity contribution in [1.82, 2.24) is 0 Å². The molecule has 0 bridgehead atoms. The van der Waals surface area contributed by atoms with Gasteiger partial charge in [-0.05, 0) is 23.8 Å². The normalized spacial score (nSPS) is 11.5. The molecular weight excluding hydrogens is 267 g/mol. The summed E-state index contributed by atoms with van der Waals surface area (Å²) in [4.78, 5) is 10.4. The van der Waals surface area contributed by atoms with Crippen LogP contribution >= 0.6 is 15.9 Å². The highest BCUT2D eigenvalue weighted by Crippen LogP contribution is 2.22. The van der Waals surface area contributed by atoms with Gasteiger partial charge in [-0.1, -0.05) is 15.9 Å². The monoisotopic (exact) mass is 274 g/mol. The molecule has 5 heteroatoms. The van der Waals surface area contributed by atoms with Crippen molar-refractivity contribution in [2.24, 2.45) is 0 Å².